The summed E-state index contributed by atoms with van der Waals surface area (Å²) in [6.07, 6.45) is 65.3. The van der Waals surface area contributed by atoms with Gasteiger partial charge in [0.2, 0.25) is 0 Å². The number of carbonyl (C=O) groups excluding carboxylic acids is 3. The van der Waals surface area contributed by atoms with Crippen molar-refractivity contribution < 1.29 is 29.7 Å². The van der Waals surface area contributed by atoms with E-state index in [1.165, 1.54) is 281 Å². The fourth-order valence-electron chi connectivity index (χ4n) is 8.47. The molecular weight excluding hydrogens is 935 g/mol. The van der Waals surface area contributed by atoms with Crippen LogP contribution in [0.5, 0.6) is 0 Å². The molecule has 0 aliphatic carbocycles. The van der Waals surface area contributed by atoms with Gasteiger partial charge in [0.05, 0.1) is 0 Å². The normalized spacial score (nSPS) is 10.7. The van der Waals surface area contributed by atoms with Crippen LogP contribution >= 0.6 is 0 Å². The van der Waals surface area contributed by atoms with Crippen LogP contribution in [-0.2, 0) is 14.4 Å². The minimum absolute atomic E-state index is 0.234. The van der Waals surface area contributed by atoms with Gasteiger partial charge in [-0.05, 0) is 38.5 Å². The summed E-state index contributed by atoms with van der Waals surface area (Å²) in [6, 6.07) is 0. The van der Waals surface area contributed by atoms with E-state index in [2.05, 4.69) is 27.7 Å². The Hall–Kier alpha value is -0.791. The number of carbonyl (C=O) groups is 3. The van der Waals surface area contributed by atoms with Crippen LogP contribution in [0.15, 0.2) is 0 Å². The Kier molecular flexibility index (Phi) is 77.9. The van der Waals surface area contributed by atoms with Gasteiger partial charge in [-0.3, -0.25) is 0 Å². The predicted octanol–water partition coefficient (Wildman–Crippen LogP) is 17.1. The third kappa shape index (κ3) is 88.7. The predicted molar refractivity (Wildman–Crippen MR) is 288 cm³/mol. The first-order valence-corrected chi connectivity index (χ1v) is 32.0. The Morgan fingerprint density at radius 3 is 0.463 bits per heavy atom. The van der Waals surface area contributed by atoms with E-state index in [1.54, 1.807) is 22.5 Å². The molecule has 0 heterocycles. The first-order chi connectivity index (χ1) is 32.7. The van der Waals surface area contributed by atoms with Crippen molar-refractivity contribution in [2.45, 2.75) is 366 Å². The standard InChI is InChI=1S/3C18H36O2.C6H13.Sn/c3*1-2-3-4-5-6-7-8-9-10-11-12-13-14-15-16-17-18(19)20;1-3-5-6-4-2;/h3*2-17H2,1H3,(H,19,20);1,3-6H2,2H3;/q;;;;+3/p-3. The first-order valence-electron chi connectivity index (χ1n) is 30.0. The van der Waals surface area contributed by atoms with Crippen LogP contribution in [0, 0.1) is 0 Å². The van der Waals surface area contributed by atoms with Crippen LogP contribution < -0.4 is 15.3 Å². The van der Waals surface area contributed by atoms with Crippen LogP contribution in [0.1, 0.15) is 362 Å². The van der Waals surface area contributed by atoms with Gasteiger partial charge >= 0.3 is 59.6 Å². The molecule has 0 aromatic heterocycles. The molecule has 0 unspecified atom stereocenters. The zero-order valence-electron chi connectivity index (χ0n) is 45.9. The maximum atomic E-state index is 10.2. The molecule has 0 aromatic carbocycles. The van der Waals surface area contributed by atoms with E-state index < -0.39 is 17.9 Å². The number of unbranched alkanes of at least 4 members (excludes halogenated alkanes) is 45. The molecule has 0 rings (SSSR count). The summed E-state index contributed by atoms with van der Waals surface area (Å²) >= 11 is 1.70. The zero-order valence-corrected chi connectivity index (χ0v) is 48.8. The summed E-state index contributed by atoms with van der Waals surface area (Å²) in [4.78, 5) is 30.7. The van der Waals surface area contributed by atoms with Crippen molar-refractivity contribution in [2.24, 2.45) is 0 Å². The average molecular weight is 1050 g/mol. The quantitative estimate of drug-likeness (QED) is 0.0442. The second-order valence-corrected chi connectivity index (χ2v) is 21.5. The van der Waals surface area contributed by atoms with Gasteiger partial charge in [0.15, 0.2) is 0 Å². The van der Waals surface area contributed by atoms with Crippen molar-refractivity contribution in [3.8, 4) is 0 Å². The van der Waals surface area contributed by atoms with Gasteiger partial charge in [-0.25, -0.2) is 0 Å². The Morgan fingerprint density at radius 2 is 0.343 bits per heavy atom. The van der Waals surface area contributed by atoms with Crippen LogP contribution in [-0.4, -0.2) is 40.4 Å². The van der Waals surface area contributed by atoms with Crippen molar-refractivity contribution in [1.29, 1.82) is 0 Å². The Labute approximate surface area is 433 Å². The van der Waals surface area contributed by atoms with E-state index in [1.807, 2.05) is 0 Å². The number of rotatable bonds is 52. The van der Waals surface area contributed by atoms with E-state index >= 15 is 0 Å². The second-order valence-electron chi connectivity index (χ2n) is 20.0. The molecule has 0 saturated heterocycles. The number of carboxylic acid groups (broad SMARTS) is 3. The van der Waals surface area contributed by atoms with Gasteiger partial charge < -0.3 is 29.7 Å². The van der Waals surface area contributed by atoms with E-state index in [9.17, 15) is 29.7 Å². The number of aliphatic carboxylic acids is 3. The fourth-order valence-corrected chi connectivity index (χ4v) is 9.19. The molecule has 398 valence electrons. The number of carboxylic acids is 3. The molecule has 0 fully saturated rings. The molecule has 6 nitrogen and oxygen atoms in total. The Morgan fingerprint density at radius 1 is 0.224 bits per heavy atom. The summed E-state index contributed by atoms with van der Waals surface area (Å²) in [5, 5.41) is 30.7. The van der Waals surface area contributed by atoms with E-state index in [4.69, 9.17) is 0 Å². The van der Waals surface area contributed by atoms with Crippen LogP contribution in [0.3, 0.4) is 0 Å². The van der Waals surface area contributed by atoms with Gasteiger partial charge in [-0.2, -0.15) is 0 Å². The molecule has 0 radical (unpaired) electrons. The molecule has 0 bridgehead atoms. The van der Waals surface area contributed by atoms with E-state index in [0.717, 1.165) is 38.5 Å². The Bertz CT molecular complexity index is 789. The molecule has 7 heteroatoms. The molecule has 0 N–H and O–H groups in total. The molecule has 67 heavy (non-hydrogen) atoms. The first kappa shape index (κ1) is 72.7. The van der Waals surface area contributed by atoms with Gasteiger partial charge in [0.1, 0.15) is 0 Å². The summed E-state index contributed by atoms with van der Waals surface area (Å²) < 4.78 is 1.45. The van der Waals surface area contributed by atoms with Crippen molar-refractivity contribution in [2.75, 3.05) is 0 Å². The zero-order chi connectivity index (χ0) is 50.2. The van der Waals surface area contributed by atoms with Crippen molar-refractivity contribution >= 4 is 40.4 Å². The van der Waals surface area contributed by atoms with Gasteiger partial charge in [-0.1, -0.05) is 290 Å². The van der Waals surface area contributed by atoms with Gasteiger partial charge in [0, 0.05) is 17.9 Å². The third-order valence-corrected chi connectivity index (χ3v) is 14.0. The van der Waals surface area contributed by atoms with Crippen molar-refractivity contribution in [3.05, 3.63) is 0 Å². The average Bonchev–Trinajstić information content (AvgIpc) is 3.31. The summed E-state index contributed by atoms with van der Waals surface area (Å²) in [6.45, 7) is 9.05. The summed E-state index contributed by atoms with van der Waals surface area (Å²) in [5.74, 6) is -2.71. The molecule has 0 aliphatic heterocycles. The van der Waals surface area contributed by atoms with Gasteiger partial charge in [-0.15, -0.1) is 0 Å². The molecule has 0 aromatic rings. The Balaban J connectivity index is -0.000000414. The monoisotopic (exact) mass is 1050 g/mol. The van der Waals surface area contributed by atoms with Gasteiger partial charge in [0.25, 0.3) is 0 Å². The van der Waals surface area contributed by atoms with E-state index in [0.29, 0.717) is 0 Å². The molecule has 0 atom stereocenters. The van der Waals surface area contributed by atoms with Crippen LogP contribution in [0.2, 0.25) is 4.44 Å². The topological polar surface area (TPSA) is 120 Å². The SMILES string of the molecule is CCCCCCCCCCCCCCCCCC(=O)[O-].CCCCCCCCCCCCCCCCCC(=O)[O-].CCCCCCCCCCCCCCCCCC(=O)[O-].CCCCC[CH2][Sn+3]. The van der Waals surface area contributed by atoms with Crippen molar-refractivity contribution in [3.63, 3.8) is 0 Å². The van der Waals surface area contributed by atoms with Crippen molar-refractivity contribution in [1.82, 2.24) is 0 Å². The molecule has 0 aliphatic rings. The van der Waals surface area contributed by atoms with E-state index in [-0.39, 0.29) is 19.3 Å². The third-order valence-electron chi connectivity index (χ3n) is 13.0. The minimum atomic E-state index is -0.903. The summed E-state index contributed by atoms with van der Waals surface area (Å²) in [7, 11) is 0. The number of hydrogen-bond acceptors (Lipinski definition) is 6. The second kappa shape index (κ2) is 71.8. The van der Waals surface area contributed by atoms with Crippen LogP contribution in [0.4, 0.5) is 0 Å². The number of hydrogen-bond donors (Lipinski definition) is 0. The molecular formula is C60H118O6Sn. The fraction of sp³-hybridized carbons (Fsp3) is 0.950. The molecule has 0 amide bonds. The maximum absolute atomic E-state index is 10.2. The summed E-state index contributed by atoms with van der Waals surface area (Å²) in [5.41, 5.74) is 0. The molecule has 0 spiro atoms. The molecule has 0 saturated carbocycles. The van der Waals surface area contributed by atoms with Crippen LogP contribution in [0.25, 0.3) is 0 Å².